The Kier molecular flexibility index (Phi) is 2.56. The first-order valence-corrected chi connectivity index (χ1v) is 3.62. The molecule has 0 heterocycles. The summed E-state index contributed by atoms with van der Waals surface area (Å²) < 4.78 is 4.73. The zero-order valence-corrected chi connectivity index (χ0v) is 7.07. The van der Waals surface area contributed by atoms with Crippen LogP contribution in [0.4, 0.5) is 0 Å². The van der Waals surface area contributed by atoms with Gasteiger partial charge in [-0.15, -0.1) is 0 Å². The molecule has 0 saturated heterocycles. The van der Waals surface area contributed by atoms with E-state index in [2.05, 4.69) is 0 Å². The maximum absolute atomic E-state index is 10.8. The lowest BCUT2D eigenvalue weighted by molar-refractivity contribution is 0.0693. The highest BCUT2D eigenvalue weighted by Crippen LogP contribution is 2.21. The van der Waals surface area contributed by atoms with Gasteiger partial charge in [0.1, 0.15) is 11.7 Å². The van der Waals surface area contributed by atoms with Crippen molar-refractivity contribution in [2.24, 2.45) is 0 Å². The molecule has 66 valence electrons. The Bertz CT molecular complexity index is 374. The van der Waals surface area contributed by atoms with E-state index in [-0.39, 0.29) is 11.3 Å². The molecule has 0 amide bonds. The number of hydrogen-bond acceptors (Lipinski definition) is 2. The van der Waals surface area contributed by atoms with Gasteiger partial charge in [-0.05, 0) is 18.6 Å². The molecule has 3 nitrogen and oxygen atoms in total. The predicted molar refractivity (Wildman–Crippen MR) is 47.6 cm³/mol. The van der Waals surface area contributed by atoms with Crippen LogP contribution in [0.1, 0.15) is 15.9 Å². The number of benzene rings is 1. The molecule has 0 aliphatic heterocycles. The maximum atomic E-state index is 10.8. The molecule has 1 N–H and O–H groups in total. The van der Waals surface area contributed by atoms with E-state index in [9.17, 15) is 4.79 Å². The molecule has 3 heteroatoms. The number of rotatable bonds is 2. The van der Waals surface area contributed by atoms with E-state index < -0.39 is 5.97 Å². The third-order valence-electron chi connectivity index (χ3n) is 1.62. The van der Waals surface area contributed by atoms with Crippen LogP contribution in [-0.4, -0.2) is 11.1 Å². The van der Waals surface area contributed by atoms with Gasteiger partial charge < -0.3 is 9.84 Å². The van der Waals surface area contributed by atoms with Gasteiger partial charge in [0.15, 0.2) is 5.75 Å². The molecule has 13 heavy (non-hydrogen) atoms. The van der Waals surface area contributed by atoms with Crippen LogP contribution in [0, 0.1) is 19.5 Å². The number of carboxylic acid groups (broad SMARTS) is 1. The van der Waals surface area contributed by atoms with Gasteiger partial charge in [-0.1, -0.05) is 18.6 Å². The third-order valence-corrected chi connectivity index (χ3v) is 1.62. The second kappa shape index (κ2) is 3.63. The molecule has 0 atom stereocenters. The van der Waals surface area contributed by atoms with E-state index in [1.54, 1.807) is 19.1 Å². The molecule has 0 saturated carbocycles. The lowest BCUT2D eigenvalue weighted by Crippen LogP contribution is -2.02. The fraction of sp³-hybridized carbons (Fsp3) is 0.100. The van der Waals surface area contributed by atoms with Crippen LogP contribution >= 0.6 is 0 Å². The van der Waals surface area contributed by atoms with Gasteiger partial charge in [-0.25, -0.2) is 4.79 Å². The molecular formula is C10H8O3. The van der Waals surface area contributed by atoms with Crippen LogP contribution in [0.5, 0.6) is 5.75 Å². The maximum Gasteiger partial charge on any atom is 0.339 e. The first-order valence-electron chi connectivity index (χ1n) is 3.62. The lowest BCUT2D eigenvalue weighted by atomic mass is 10.1. The molecule has 0 aliphatic carbocycles. The number of aromatic carboxylic acids is 1. The molecule has 0 aliphatic rings. The van der Waals surface area contributed by atoms with E-state index in [1.807, 2.05) is 6.11 Å². The SMILES string of the molecule is C#COc1cccc(C)c1C(=O)O. The van der Waals surface area contributed by atoms with Crippen molar-refractivity contribution in [1.29, 1.82) is 0 Å². The van der Waals surface area contributed by atoms with Crippen LogP contribution in [0.15, 0.2) is 18.2 Å². The molecule has 0 spiro atoms. The Morgan fingerprint density at radius 3 is 2.85 bits per heavy atom. The normalized spacial score (nSPS) is 8.92. The summed E-state index contributed by atoms with van der Waals surface area (Å²) >= 11 is 0. The summed E-state index contributed by atoms with van der Waals surface area (Å²) in [6.45, 7) is 1.69. The van der Waals surface area contributed by atoms with E-state index in [1.165, 1.54) is 6.07 Å². The van der Waals surface area contributed by atoms with Crippen molar-refractivity contribution in [3.63, 3.8) is 0 Å². The van der Waals surface area contributed by atoms with E-state index in [0.717, 1.165) is 0 Å². The smallest absolute Gasteiger partial charge is 0.339 e. The molecule has 1 aromatic carbocycles. The zero-order valence-electron chi connectivity index (χ0n) is 7.07. The summed E-state index contributed by atoms with van der Waals surface area (Å²) in [6.07, 6.45) is 6.86. The van der Waals surface area contributed by atoms with Gasteiger partial charge in [0.2, 0.25) is 0 Å². The van der Waals surface area contributed by atoms with Gasteiger partial charge in [0.05, 0.1) is 0 Å². The lowest BCUT2D eigenvalue weighted by Gasteiger charge is -2.04. The Morgan fingerprint density at radius 1 is 1.62 bits per heavy atom. The number of ether oxygens (including phenoxy) is 1. The van der Waals surface area contributed by atoms with E-state index >= 15 is 0 Å². The summed E-state index contributed by atoms with van der Waals surface area (Å²) in [6, 6.07) is 4.90. The molecule has 0 aromatic heterocycles. The zero-order chi connectivity index (χ0) is 9.84. The van der Waals surface area contributed by atoms with Crippen molar-refractivity contribution in [3.8, 4) is 18.3 Å². The average Bonchev–Trinajstić information content (AvgIpc) is 2.04. The van der Waals surface area contributed by atoms with Gasteiger partial charge in [-0.3, -0.25) is 0 Å². The van der Waals surface area contributed by atoms with Crippen LogP contribution in [-0.2, 0) is 0 Å². The largest absolute Gasteiger partial charge is 0.478 e. The molecule has 1 rings (SSSR count). The molecule has 1 aromatic rings. The van der Waals surface area contributed by atoms with Crippen molar-refractivity contribution >= 4 is 5.97 Å². The minimum Gasteiger partial charge on any atom is -0.478 e. The number of aryl methyl sites for hydroxylation is 1. The third kappa shape index (κ3) is 1.79. The Labute approximate surface area is 76.0 Å². The second-order valence-corrected chi connectivity index (χ2v) is 2.47. The van der Waals surface area contributed by atoms with Gasteiger partial charge in [-0.2, -0.15) is 0 Å². The number of carboxylic acids is 1. The second-order valence-electron chi connectivity index (χ2n) is 2.47. The summed E-state index contributed by atoms with van der Waals surface area (Å²) in [5.74, 6) is -0.835. The standard InChI is InChI=1S/C10H8O3/c1-3-13-8-6-4-5-7(2)9(8)10(11)12/h1,4-6H,2H3,(H,11,12). The molecule has 0 unspecified atom stereocenters. The predicted octanol–water partition coefficient (Wildman–Crippen LogP) is 1.66. The monoisotopic (exact) mass is 176 g/mol. The van der Waals surface area contributed by atoms with Crippen LogP contribution < -0.4 is 4.74 Å². The number of carbonyl (C=O) groups is 1. The Hall–Kier alpha value is -1.95. The molecule has 0 fully saturated rings. The number of hydrogen-bond donors (Lipinski definition) is 1. The van der Waals surface area contributed by atoms with E-state index in [0.29, 0.717) is 5.56 Å². The molecule has 0 bridgehead atoms. The quantitative estimate of drug-likeness (QED) is 0.697. The average molecular weight is 176 g/mol. The van der Waals surface area contributed by atoms with Crippen molar-refractivity contribution < 1.29 is 14.6 Å². The minimum absolute atomic E-state index is 0.112. The summed E-state index contributed by atoms with van der Waals surface area (Å²) in [5, 5.41) is 8.82. The van der Waals surface area contributed by atoms with Crippen LogP contribution in [0.2, 0.25) is 0 Å². The van der Waals surface area contributed by atoms with Crippen molar-refractivity contribution in [1.82, 2.24) is 0 Å². The van der Waals surface area contributed by atoms with Gasteiger partial charge in [0.25, 0.3) is 0 Å². The van der Waals surface area contributed by atoms with Crippen LogP contribution in [0.3, 0.4) is 0 Å². The Morgan fingerprint density at radius 2 is 2.31 bits per heavy atom. The Balaban J connectivity index is 3.27. The van der Waals surface area contributed by atoms with Crippen molar-refractivity contribution in [3.05, 3.63) is 29.3 Å². The minimum atomic E-state index is -1.04. The first kappa shape index (κ1) is 9.14. The first-order chi connectivity index (χ1) is 6.16. The van der Waals surface area contributed by atoms with Crippen molar-refractivity contribution in [2.75, 3.05) is 0 Å². The fourth-order valence-electron chi connectivity index (χ4n) is 1.06. The number of terminal acetylenes is 1. The fourth-order valence-corrected chi connectivity index (χ4v) is 1.06. The summed E-state index contributed by atoms with van der Waals surface area (Å²) in [5.41, 5.74) is 0.737. The van der Waals surface area contributed by atoms with E-state index in [4.69, 9.17) is 16.3 Å². The highest BCUT2D eigenvalue weighted by molar-refractivity contribution is 5.92. The summed E-state index contributed by atoms with van der Waals surface area (Å²) in [4.78, 5) is 10.8. The molecule has 0 radical (unpaired) electrons. The molecular weight excluding hydrogens is 168 g/mol. The van der Waals surface area contributed by atoms with Crippen LogP contribution in [0.25, 0.3) is 0 Å². The van der Waals surface area contributed by atoms with Gasteiger partial charge in [0, 0.05) is 0 Å². The van der Waals surface area contributed by atoms with Gasteiger partial charge >= 0.3 is 5.97 Å². The van der Waals surface area contributed by atoms with Crippen molar-refractivity contribution in [2.45, 2.75) is 6.92 Å². The summed E-state index contributed by atoms with van der Waals surface area (Å²) in [7, 11) is 0. The highest BCUT2D eigenvalue weighted by Gasteiger charge is 2.13. The topological polar surface area (TPSA) is 46.5 Å². The highest BCUT2D eigenvalue weighted by atomic mass is 16.5.